The molecule has 104 valence electrons. The number of rotatable bonds is 4. The molecule has 0 unspecified atom stereocenters. The van der Waals surface area contributed by atoms with Crippen LogP contribution in [-0.2, 0) is 12.8 Å². The van der Waals surface area contributed by atoms with Gasteiger partial charge in [-0.25, -0.2) is 0 Å². The zero-order valence-corrected chi connectivity index (χ0v) is 11.7. The van der Waals surface area contributed by atoms with Crippen molar-refractivity contribution in [1.82, 2.24) is 0 Å². The van der Waals surface area contributed by atoms with Gasteiger partial charge in [-0.3, -0.25) is 4.79 Å². The molecule has 1 heterocycles. The Kier molecular flexibility index (Phi) is 3.97. The second-order valence-corrected chi connectivity index (χ2v) is 5.05. The predicted octanol–water partition coefficient (Wildman–Crippen LogP) is 3.82. The van der Waals surface area contributed by atoms with E-state index in [0.29, 0.717) is 24.4 Å². The molecule has 3 aromatic rings. The molecule has 21 heavy (non-hydrogen) atoms. The van der Waals surface area contributed by atoms with E-state index in [2.05, 4.69) is 0 Å². The van der Waals surface area contributed by atoms with Crippen molar-refractivity contribution in [2.75, 3.05) is 0 Å². The summed E-state index contributed by atoms with van der Waals surface area (Å²) in [5, 5.41) is 0. The molecule has 0 saturated heterocycles. The molecule has 0 spiro atoms. The smallest absolute Gasteiger partial charge is 0.185 e. The zero-order chi connectivity index (χ0) is 14.5. The summed E-state index contributed by atoms with van der Waals surface area (Å²) in [4.78, 5) is 11.8. The minimum atomic E-state index is -0.00175. The zero-order valence-electron chi connectivity index (χ0n) is 11.7. The maximum atomic E-state index is 11.8. The Balaban J connectivity index is 1.85. The molecule has 2 nitrogen and oxygen atoms in total. The van der Waals surface area contributed by atoms with Crippen molar-refractivity contribution in [1.29, 1.82) is 0 Å². The summed E-state index contributed by atoms with van der Waals surface area (Å²) < 4.78 is 5.87. The Morgan fingerprint density at radius 2 is 1.10 bits per heavy atom. The highest BCUT2D eigenvalue weighted by molar-refractivity contribution is 5.23. The Morgan fingerprint density at radius 1 is 0.667 bits per heavy atom. The molecule has 2 aromatic carbocycles. The SMILES string of the molecule is O=c1cc(Cc2ccccc2)oc(Cc2ccccc2)c1. The van der Waals surface area contributed by atoms with Crippen LogP contribution in [0.4, 0.5) is 0 Å². The van der Waals surface area contributed by atoms with Gasteiger partial charge in [0.15, 0.2) is 5.43 Å². The van der Waals surface area contributed by atoms with Gasteiger partial charge in [-0.2, -0.15) is 0 Å². The fourth-order valence-electron chi connectivity index (χ4n) is 2.35. The van der Waals surface area contributed by atoms with Gasteiger partial charge in [0, 0.05) is 25.0 Å². The van der Waals surface area contributed by atoms with Crippen LogP contribution in [0.25, 0.3) is 0 Å². The monoisotopic (exact) mass is 276 g/mol. The molecule has 2 heteroatoms. The van der Waals surface area contributed by atoms with E-state index in [1.807, 2.05) is 60.7 Å². The first kappa shape index (κ1) is 13.4. The Hall–Kier alpha value is -2.61. The highest BCUT2D eigenvalue weighted by atomic mass is 16.3. The molecule has 3 rings (SSSR count). The van der Waals surface area contributed by atoms with Crippen molar-refractivity contribution >= 4 is 0 Å². The van der Waals surface area contributed by atoms with Crippen LogP contribution in [0, 0.1) is 0 Å². The van der Waals surface area contributed by atoms with E-state index in [0.717, 1.165) is 11.1 Å². The van der Waals surface area contributed by atoms with Crippen LogP contribution in [0.1, 0.15) is 22.6 Å². The highest BCUT2D eigenvalue weighted by Gasteiger charge is 2.05. The van der Waals surface area contributed by atoms with Crippen molar-refractivity contribution in [2.24, 2.45) is 0 Å². The van der Waals surface area contributed by atoms with Crippen molar-refractivity contribution in [3.05, 3.63) is 106 Å². The van der Waals surface area contributed by atoms with E-state index in [4.69, 9.17) is 4.42 Å². The topological polar surface area (TPSA) is 30.2 Å². The van der Waals surface area contributed by atoms with Crippen LogP contribution in [0.2, 0.25) is 0 Å². The van der Waals surface area contributed by atoms with Crippen LogP contribution in [-0.4, -0.2) is 0 Å². The summed E-state index contributed by atoms with van der Waals surface area (Å²) >= 11 is 0. The van der Waals surface area contributed by atoms with Gasteiger partial charge in [-0.05, 0) is 11.1 Å². The fourth-order valence-corrected chi connectivity index (χ4v) is 2.35. The van der Waals surface area contributed by atoms with Gasteiger partial charge in [0.25, 0.3) is 0 Å². The van der Waals surface area contributed by atoms with Crippen molar-refractivity contribution in [3.8, 4) is 0 Å². The molecular formula is C19H16O2. The Bertz CT molecular complexity index is 696. The normalized spacial score (nSPS) is 10.5. The molecule has 0 fully saturated rings. The lowest BCUT2D eigenvalue weighted by Gasteiger charge is -2.05. The van der Waals surface area contributed by atoms with Gasteiger partial charge in [-0.1, -0.05) is 60.7 Å². The molecule has 0 amide bonds. The third-order valence-corrected chi connectivity index (χ3v) is 3.31. The highest BCUT2D eigenvalue weighted by Crippen LogP contribution is 2.12. The molecule has 1 aromatic heterocycles. The van der Waals surface area contributed by atoms with E-state index in [1.165, 1.54) is 0 Å². The quantitative estimate of drug-likeness (QED) is 0.725. The van der Waals surface area contributed by atoms with Gasteiger partial charge in [0.05, 0.1) is 0 Å². The average Bonchev–Trinajstić information content (AvgIpc) is 2.48. The molecule has 0 aliphatic carbocycles. The standard InChI is InChI=1S/C19H16O2/c20-17-13-18(11-15-7-3-1-4-8-15)21-19(14-17)12-16-9-5-2-6-10-16/h1-10,13-14H,11-12H2. The van der Waals surface area contributed by atoms with Crippen LogP contribution in [0.5, 0.6) is 0 Å². The lowest BCUT2D eigenvalue weighted by molar-refractivity contribution is 0.462. The first-order valence-corrected chi connectivity index (χ1v) is 7.00. The molecule has 0 bridgehead atoms. The molecule has 0 saturated carbocycles. The molecule has 0 N–H and O–H groups in total. The third kappa shape index (κ3) is 3.69. The second kappa shape index (κ2) is 6.23. The van der Waals surface area contributed by atoms with E-state index >= 15 is 0 Å². The summed E-state index contributed by atoms with van der Waals surface area (Å²) in [6, 6.07) is 23.2. The van der Waals surface area contributed by atoms with Crippen LogP contribution in [0.15, 0.2) is 82.0 Å². The molecule has 0 aliphatic rings. The number of hydrogen-bond acceptors (Lipinski definition) is 2. The van der Waals surface area contributed by atoms with Crippen molar-refractivity contribution in [3.63, 3.8) is 0 Å². The largest absolute Gasteiger partial charge is 0.465 e. The lowest BCUT2D eigenvalue weighted by Crippen LogP contribution is -2.04. The van der Waals surface area contributed by atoms with E-state index in [1.54, 1.807) is 12.1 Å². The average molecular weight is 276 g/mol. The summed E-state index contributed by atoms with van der Waals surface area (Å²) in [6.45, 7) is 0. The minimum absolute atomic E-state index is 0.00175. The Morgan fingerprint density at radius 3 is 1.52 bits per heavy atom. The molecule has 0 atom stereocenters. The minimum Gasteiger partial charge on any atom is -0.465 e. The van der Waals surface area contributed by atoms with E-state index in [-0.39, 0.29) is 5.43 Å². The van der Waals surface area contributed by atoms with E-state index < -0.39 is 0 Å². The number of benzene rings is 2. The molecule has 0 aliphatic heterocycles. The first-order chi connectivity index (χ1) is 10.3. The Labute approximate surface area is 123 Å². The molecular weight excluding hydrogens is 260 g/mol. The first-order valence-electron chi connectivity index (χ1n) is 7.00. The van der Waals surface area contributed by atoms with Gasteiger partial charge in [-0.15, -0.1) is 0 Å². The fraction of sp³-hybridized carbons (Fsp3) is 0.105. The second-order valence-electron chi connectivity index (χ2n) is 5.05. The van der Waals surface area contributed by atoms with Crippen LogP contribution >= 0.6 is 0 Å². The number of hydrogen-bond donors (Lipinski definition) is 0. The molecule has 0 radical (unpaired) electrons. The van der Waals surface area contributed by atoms with Crippen molar-refractivity contribution in [2.45, 2.75) is 12.8 Å². The lowest BCUT2D eigenvalue weighted by atomic mass is 10.1. The maximum Gasteiger partial charge on any atom is 0.185 e. The van der Waals surface area contributed by atoms with Crippen molar-refractivity contribution < 1.29 is 4.42 Å². The van der Waals surface area contributed by atoms with Gasteiger partial charge < -0.3 is 4.42 Å². The van der Waals surface area contributed by atoms with Crippen LogP contribution < -0.4 is 5.43 Å². The maximum absolute atomic E-state index is 11.8. The van der Waals surface area contributed by atoms with Gasteiger partial charge in [0.1, 0.15) is 11.5 Å². The summed E-state index contributed by atoms with van der Waals surface area (Å²) in [6.07, 6.45) is 1.28. The van der Waals surface area contributed by atoms with Gasteiger partial charge in [0.2, 0.25) is 0 Å². The summed E-state index contributed by atoms with van der Waals surface area (Å²) in [5.74, 6) is 1.42. The summed E-state index contributed by atoms with van der Waals surface area (Å²) in [5.41, 5.74) is 2.27. The van der Waals surface area contributed by atoms with Gasteiger partial charge >= 0.3 is 0 Å². The van der Waals surface area contributed by atoms with E-state index in [9.17, 15) is 4.79 Å². The predicted molar refractivity (Wildman–Crippen MR) is 83.5 cm³/mol. The van der Waals surface area contributed by atoms with Crippen LogP contribution in [0.3, 0.4) is 0 Å². The summed E-state index contributed by atoms with van der Waals surface area (Å²) in [7, 11) is 0. The third-order valence-electron chi connectivity index (χ3n) is 3.31.